The molecule has 0 bridgehead atoms. The summed E-state index contributed by atoms with van der Waals surface area (Å²) in [5, 5.41) is 0. The first-order chi connectivity index (χ1) is 9.83. The quantitative estimate of drug-likeness (QED) is 0.712. The van der Waals surface area contributed by atoms with Crippen molar-refractivity contribution in [2.75, 3.05) is 0 Å². The van der Waals surface area contributed by atoms with Crippen LogP contribution in [-0.2, 0) is 6.54 Å². The zero-order chi connectivity index (χ0) is 13.5. The first-order valence-electron chi connectivity index (χ1n) is 6.52. The maximum atomic E-state index is 13.1. The van der Waals surface area contributed by atoms with Crippen molar-refractivity contribution >= 4 is 11.0 Å². The van der Waals surface area contributed by atoms with E-state index in [1.807, 2.05) is 18.2 Å². The number of hydrazine groups is 1. The summed E-state index contributed by atoms with van der Waals surface area (Å²) in [6, 6.07) is 14.6. The first-order valence-corrected chi connectivity index (χ1v) is 6.52. The number of nitrogens with zero attached hydrogens (tertiary/aromatic N) is 2. The fourth-order valence-corrected chi connectivity index (χ4v) is 2.68. The maximum absolute atomic E-state index is 13.1. The highest BCUT2D eigenvalue weighted by Gasteiger charge is 2.23. The highest BCUT2D eigenvalue weighted by molar-refractivity contribution is 5.76. The Morgan fingerprint density at radius 1 is 1.10 bits per heavy atom. The molecule has 4 rings (SSSR count). The van der Waals surface area contributed by atoms with Crippen LogP contribution in [0.2, 0.25) is 0 Å². The number of fused-ring (bicyclic) bond motifs is 3. The minimum Gasteiger partial charge on any atom is -0.305 e. The molecule has 0 amide bonds. The van der Waals surface area contributed by atoms with Gasteiger partial charge in [-0.1, -0.05) is 24.3 Å². The summed E-state index contributed by atoms with van der Waals surface area (Å²) in [6.07, 6.45) is -0.0910. The Bertz CT molecular complexity index is 763. The van der Waals surface area contributed by atoms with Gasteiger partial charge in [-0.15, -0.1) is 0 Å². The highest BCUT2D eigenvalue weighted by atomic mass is 19.1. The Labute approximate surface area is 115 Å². The maximum Gasteiger partial charge on any atom is 0.126 e. The molecule has 1 aliphatic rings. The number of rotatable bonds is 1. The van der Waals surface area contributed by atoms with Crippen LogP contribution in [0.1, 0.15) is 17.6 Å². The molecule has 3 aromatic rings. The zero-order valence-electron chi connectivity index (χ0n) is 10.7. The fourth-order valence-electron chi connectivity index (χ4n) is 2.68. The standard InChI is InChI=1S/C15H13FN4/c16-11-7-5-10(6-8-11)15-19-17-9-14-18-12-3-1-2-4-13(12)20(14)15/h1-8,15,17,19H,9H2. The summed E-state index contributed by atoms with van der Waals surface area (Å²) in [4.78, 5) is 4.63. The van der Waals surface area contributed by atoms with Gasteiger partial charge in [-0.3, -0.25) is 0 Å². The van der Waals surface area contributed by atoms with Gasteiger partial charge < -0.3 is 4.57 Å². The Balaban J connectivity index is 1.90. The summed E-state index contributed by atoms with van der Waals surface area (Å²) in [7, 11) is 0. The zero-order valence-corrected chi connectivity index (χ0v) is 10.7. The normalized spacial score (nSPS) is 18.1. The lowest BCUT2D eigenvalue weighted by atomic mass is 10.1. The van der Waals surface area contributed by atoms with Crippen molar-refractivity contribution in [2.45, 2.75) is 12.7 Å². The van der Waals surface area contributed by atoms with Crippen LogP contribution in [0.5, 0.6) is 0 Å². The molecule has 1 aliphatic heterocycles. The van der Waals surface area contributed by atoms with Gasteiger partial charge in [-0.2, -0.15) is 0 Å². The van der Waals surface area contributed by atoms with E-state index in [0.717, 1.165) is 22.4 Å². The van der Waals surface area contributed by atoms with E-state index in [2.05, 4.69) is 26.5 Å². The number of aromatic nitrogens is 2. The predicted molar refractivity (Wildman–Crippen MR) is 74.2 cm³/mol. The van der Waals surface area contributed by atoms with Crippen LogP contribution >= 0.6 is 0 Å². The van der Waals surface area contributed by atoms with E-state index in [1.165, 1.54) is 12.1 Å². The Morgan fingerprint density at radius 2 is 1.90 bits per heavy atom. The van der Waals surface area contributed by atoms with Crippen molar-refractivity contribution < 1.29 is 4.39 Å². The summed E-state index contributed by atoms with van der Waals surface area (Å²) in [6.45, 7) is 0.659. The van der Waals surface area contributed by atoms with E-state index in [1.54, 1.807) is 12.1 Å². The van der Waals surface area contributed by atoms with Gasteiger partial charge in [0.25, 0.3) is 0 Å². The van der Waals surface area contributed by atoms with Crippen molar-refractivity contribution in [1.82, 2.24) is 20.4 Å². The van der Waals surface area contributed by atoms with Gasteiger partial charge in [0.2, 0.25) is 0 Å². The molecule has 0 fully saturated rings. The van der Waals surface area contributed by atoms with Crippen molar-refractivity contribution in [2.24, 2.45) is 0 Å². The lowest BCUT2D eigenvalue weighted by Gasteiger charge is -2.28. The third-order valence-electron chi connectivity index (χ3n) is 3.60. The van der Waals surface area contributed by atoms with Crippen LogP contribution in [0, 0.1) is 5.82 Å². The van der Waals surface area contributed by atoms with Crippen LogP contribution in [0.15, 0.2) is 48.5 Å². The molecule has 1 atom stereocenters. The van der Waals surface area contributed by atoms with Crippen LogP contribution < -0.4 is 10.9 Å². The average Bonchev–Trinajstić information content (AvgIpc) is 2.86. The molecule has 2 N–H and O–H groups in total. The minimum absolute atomic E-state index is 0.0910. The van der Waals surface area contributed by atoms with Crippen LogP contribution in [0.3, 0.4) is 0 Å². The number of para-hydroxylation sites is 2. The van der Waals surface area contributed by atoms with Gasteiger partial charge in [0.1, 0.15) is 17.8 Å². The third kappa shape index (κ3) is 1.71. The molecule has 100 valence electrons. The second-order valence-electron chi connectivity index (χ2n) is 4.84. The topological polar surface area (TPSA) is 41.9 Å². The number of benzene rings is 2. The number of nitrogens with one attached hydrogen (secondary N) is 2. The van der Waals surface area contributed by atoms with Crippen LogP contribution in [0.25, 0.3) is 11.0 Å². The van der Waals surface area contributed by atoms with E-state index in [-0.39, 0.29) is 12.0 Å². The molecule has 1 unspecified atom stereocenters. The van der Waals surface area contributed by atoms with Gasteiger partial charge in [0.15, 0.2) is 0 Å². The van der Waals surface area contributed by atoms with Crippen molar-refractivity contribution in [3.8, 4) is 0 Å². The van der Waals surface area contributed by atoms with E-state index < -0.39 is 0 Å². The summed E-state index contributed by atoms with van der Waals surface area (Å²) >= 11 is 0. The molecule has 0 radical (unpaired) electrons. The van der Waals surface area contributed by atoms with Crippen molar-refractivity contribution in [1.29, 1.82) is 0 Å². The van der Waals surface area contributed by atoms with Gasteiger partial charge in [0, 0.05) is 0 Å². The van der Waals surface area contributed by atoms with Gasteiger partial charge in [-0.25, -0.2) is 20.2 Å². The Hall–Kier alpha value is -2.24. The molecule has 0 aliphatic carbocycles. The lowest BCUT2D eigenvalue weighted by Crippen LogP contribution is -2.44. The van der Waals surface area contributed by atoms with Crippen molar-refractivity contribution in [3.63, 3.8) is 0 Å². The first kappa shape index (κ1) is 11.6. The third-order valence-corrected chi connectivity index (χ3v) is 3.60. The van der Waals surface area contributed by atoms with Crippen molar-refractivity contribution in [3.05, 3.63) is 65.7 Å². The summed E-state index contributed by atoms with van der Waals surface area (Å²) in [5.74, 6) is 0.743. The largest absolute Gasteiger partial charge is 0.305 e. The fraction of sp³-hybridized carbons (Fsp3) is 0.133. The van der Waals surface area contributed by atoms with Crippen LogP contribution in [0.4, 0.5) is 4.39 Å². The predicted octanol–water partition coefficient (Wildman–Crippen LogP) is 2.33. The second-order valence-corrected chi connectivity index (χ2v) is 4.84. The number of halogens is 1. The molecule has 20 heavy (non-hydrogen) atoms. The van der Waals surface area contributed by atoms with Crippen LogP contribution in [-0.4, -0.2) is 9.55 Å². The molecule has 0 saturated carbocycles. The van der Waals surface area contributed by atoms with Gasteiger partial charge in [0.05, 0.1) is 17.6 Å². The smallest absolute Gasteiger partial charge is 0.126 e. The number of hydrogen-bond acceptors (Lipinski definition) is 3. The van der Waals surface area contributed by atoms with E-state index in [9.17, 15) is 4.39 Å². The highest BCUT2D eigenvalue weighted by Crippen LogP contribution is 2.26. The molecule has 0 saturated heterocycles. The van der Waals surface area contributed by atoms with E-state index in [0.29, 0.717) is 6.54 Å². The monoisotopic (exact) mass is 268 g/mol. The molecular formula is C15H13FN4. The van der Waals surface area contributed by atoms with Gasteiger partial charge in [-0.05, 0) is 29.8 Å². The molecule has 1 aromatic heterocycles. The lowest BCUT2D eigenvalue weighted by molar-refractivity contribution is 0.340. The number of hydrogen-bond donors (Lipinski definition) is 2. The van der Waals surface area contributed by atoms with E-state index >= 15 is 0 Å². The molecular weight excluding hydrogens is 255 g/mol. The molecule has 2 aromatic carbocycles. The molecule has 2 heterocycles. The average molecular weight is 268 g/mol. The van der Waals surface area contributed by atoms with Gasteiger partial charge >= 0.3 is 0 Å². The molecule has 5 heteroatoms. The summed E-state index contributed by atoms with van der Waals surface area (Å²) in [5.41, 5.74) is 9.41. The minimum atomic E-state index is -0.228. The molecule has 4 nitrogen and oxygen atoms in total. The Morgan fingerprint density at radius 3 is 2.75 bits per heavy atom. The second kappa shape index (κ2) is 4.40. The Kier molecular flexibility index (Phi) is 2.55. The number of imidazole rings is 1. The summed E-state index contributed by atoms with van der Waals surface area (Å²) < 4.78 is 15.2. The van der Waals surface area contributed by atoms with E-state index in [4.69, 9.17) is 0 Å². The molecule has 0 spiro atoms. The SMILES string of the molecule is Fc1ccc(C2NNCc3nc4ccccc4n32)cc1.